The monoisotopic (exact) mass is 237 g/mol. The minimum absolute atomic E-state index is 0.219. The zero-order valence-electron chi connectivity index (χ0n) is 9.68. The van der Waals surface area contributed by atoms with Gasteiger partial charge < -0.3 is 5.32 Å². The van der Waals surface area contributed by atoms with Crippen LogP contribution in [-0.2, 0) is 4.79 Å². The number of anilines is 1. The molecule has 4 nitrogen and oxygen atoms in total. The third kappa shape index (κ3) is 1.61. The summed E-state index contributed by atoms with van der Waals surface area (Å²) in [6.45, 7) is 0. The van der Waals surface area contributed by atoms with Gasteiger partial charge in [0.1, 0.15) is 5.41 Å². The van der Waals surface area contributed by atoms with Gasteiger partial charge in [0, 0.05) is 11.6 Å². The van der Waals surface area contributed by atoms with Crippen LogP contribution < -0.4 is 5.32 Å². The van der Waals surface area contributed by atoms with Crippen molar-refractivity contribution in [3.05, 3.63) is 36.5 Å². The topological polar surface area (TPSA) is 65.8 Å². The molecule has 1 aromatic carbocycles. The van der Waals surface area contributed by atoms with Crippen LogP contribution in [0.3, 0.4) is 0 Å². The zero-order chi connectivity index (χ0) is 12.6. The maximum atomic E-state index is 12.0. The first-order valence-corrected chi connectivity index (χ1v) is 5.82. The number of amides is 1. The molecule has 3 rings (SSSR count). The normalized spacial score (nSPS) is 15.9. The number of nitrogens with zero attached hydrogens (tertiary/aromatic N) is 2. The van der Waals surface area contributed by atoms with Gasteiger partial charge in [0.25, 0.3) is 0 Å². The standard InChI is InChI=1S/C14H11N3O/c15-9-14(6-7-14)13(18)17-11-5-1-3-10-4-2-8-16-12(10)11/h1-5,8H,6-7H2,(H,17,18). The van der Waals surface area contributed by atoms with E-state index in [9.17, 15) is 4.79 Å². The number of carbonyl (C=O) groups excluding carboxylic acids is 1. The molecule has 0 saturated heterocycles. The summed E-state index contributed by atoms with van der Waals surface area (Å²) in [5.41, 5.74) is 0.610. The zero-order valence-corrected chi connectivity index (χ0v) is 9.68. The summed E-state index contributed by atoms with van der Waals surface area (Å²) in [6.07, 6.45) is 2.98. The van der Waals surface area contributed by atoms with Crippen molar-refractivity contribution in [2.24, 2.45) is 5.41 Å². The molecular formula is C14H11N3O. The second kappa shape index (κ2) is 3.81. The molecule has 0 aliphatic heterocycles. The van der Waals surface area contributed by atoms with Crippen LogP contribution in [0.1, 0.15) is 12.8 Å². The van der Waals surface area contributed by atoms with Gasteiger partial charge in [0.05, 0.1) is 17.3 Å². The summed E-state index contributed by atoms with van der Waals surface area (Å²) >= 11 is 0. The van der Waals surface area contributed by atoms with Crippen LogP contribution in [0.25, 0.3) is 10.9 Å². The molecular weight excluding hydrogens is 226 g/mol. The van der Waals surface area contributed by atoms with Crippen LogP contribution >= 0.6 is 0 Å². The summed E-state index contributed by atoms with van der Waals surface area (Å²) in [4.78, 5) is 16.3. The highest BCUT2D eigenvalue weighted by molar-refractivity contribution is 6.04. The fraction of sp³-hybridized carbons (Fsp3) is 0.214. The minimum atomic E-state index is -0.809. The molecule has 2 aromatic rings. The van der Waals surface area contributed by atoms with E-state index in [0.717, 1.165) is 10.9 Å². The molecule has 1 amide bonds. The van der Waals surface area contributed by atoms with Crippen molar-refractivity contribution in [2.45, 2.75) is 12.8 Å². The molecule has 18 heavy (non-hydrogen) atoms. The lowest BCUT2D eigenvalue weighted by Crippen LogP contribution is -2.22. The first-order chi connectivity index (χ1) is 8.75. The average molecular weight is 237 g/mol. The Morgan fingerprint density at radius 3 is 2.83 bits per heavy atom. The molecule has 1 N–H and O–H groups in total. The van der Waals surface area contributed by atoms with Crippen LogP contribution in [0.15, 0.2) is 36.5 Å². The molecule has 1 heterocycles. The second-order valence-corrected chi connectivity index (χ2v) is 4.53. The molecule has 0 bridgehead atoms. The first kappa shape index (κ1) is 10.7. The summed E-state index contributed by atoms with van der Waals surface area (Å²) < 4.78 is 0. The van der Waals surface area contributed by atoms with Crippen molar-refractivity contribution >= 4 is 22.5 Å². The van der Waals surface area contributed by atoms with E-state index >= 15 is 0 Å². The van der Waals surface area contributed by atoms with Crippen molar-refractivity contribution in [3.63, 3.8) is 0 Å². The molecule has 0 atom stereocenters. The quantitative estimate of drug-likeness (QED) is 0.872. The van der Waals surface area contributed by atoms with Gasteiger partial charge in [-0.2, -0.15) is 5.26 Å². The number of rotatable bonds is 2. The highest BCUT2D eigenvalue weighted by Gasteiger charge is 2.50. The van der Waals surface area contributed by atoms with E-state index in [0.29, 0.717) is 18.5 Å². The first-order valence-electron chi connectivity index (χ1n) is 5.82. The highest BCUT2D eigenvalue weighted by Crippen LogP contribution is 2.45. The van der Waals surface area contributed by atoms with Crippen molar-refractivity contribution in [1.29, 1.82) is 5.26 Å². The number of fused-ring (bicyclic) bond motifs is 1. The third-order valence-electron chi connectivity index (χ3n) is 3.28. The van der Waals surface area contributed by atoms with E-state index in [4.69, 9.17) is 5.26 Å². The fourth-order valence-electron chi connectivity index (χ4n) is 1.96. The maximum Gasteiger partial charge on any atom is 0.244 e. The third-order valence-corrected chi connectivity index (χ3v) is 3.28. The van der Waals surface area contributed by atoms with Crippen molar-refractivity contribution < 1.29 is 4.79 Å². The molecule has 0 radical (unpaired) electrons. The highest BCUT2D eigenvalue weighted by atomic mass is 16.2. The average Bonchev–Trinajstić information content (AvgIpc) is 3.20. The number of aromatic nitrogens is 1. The van der Waals surface area contributed by atoms with Gasteiger partial charge in [-0.05, 0) is 25.0 Å². The van der Waals surface area contributed by atoms with Gasteiger partial charge in [0.2, 0.25) is 5.91 Å². The number of benzene rings is 1. The lowest BCUT2D eigenvalue weighted by Gasteiger charge is -2.09. The molecule has 1 aromatic heterocycles. The van der Waals surface area contributed by atoms with Crippen molar-refractivity contribution in [1.82, 2.24) is 4.98 Å². The van der Waals surface area contributed by atoms with Crippen molar-refractivity contribution in [3.8, 4) is 6.07 Å². The summed E-state index contributed by atoms with van der Waals surface area (Å²) in [6, 6.07) is 11.5. The number of pyridine rings is 1. The number of carbonyl (C=O) groups is 1. The van der Waals surface area contributed by atoms with E-state index in [1.54, 1.807) is 12.3 Å². The van der Waals surface area contributed by atoms with E-state index in [2.05, 4.69) is 16.4 Å². The van der Waals surface area contributed by atoms with Gasteiger partial charge >= 0.3 is 0 Å². The van der Waals surface area contributed by atoms with E-state index in [-0.39, 0.29) is 5.91 Å². The Balaban J connectivity index is 1.96. The molecule has 0 unspecified atom stereocenters. The number of para-hydroxylation sites is 1. The fourth-order valence-corrected chi connectivity index (χ4v) is 1.96. The van der Waals surface area contributed by atoms with Crippen LogP contribution in [0.4, 0.5) is 5.69 Å². The Kier molecular flexibility index (Phi) is 2.27. The van der Waals surface area contributed by atoms with Gasteiger partial charge in [-0.3, -0.25) is 9.78 Å². The summed E-state index contributed by atoms with van der Waals surface area (Å²) in [5, 5.41) is 12.8. The Labute approximate surface area is 104 Å². The number of nitriles is 1. The molecule has 1 aliphatic carbocycles. The van der Waals surface area contributed by atoms with Crippen LogP contribution in [0.5, 0.6) is 0 Å². The predicted octanol–water partition coefficient (Wildman–Crippen LogP) is 2.48. The van der Waals surface area contributed by atoms with E-state index < -0.39 is 5.41 Å². The Morgan fingerprint density at radius 1 is 1.33 bits per heavy atom. The number of hydrogen-bond acceptors (Lipinski definition) is 3. The Morgan fingerprint density at radius 2 is 2.11 bits per heavy atom. The van der Waals surface area contributed by atoms with Gasteiger partial charge in [0.15, 0.2) is 0 Å². The molecule has 4 heteroatoms. The lowest BCUT2D eigenvalue weighted by atomic mass is 10.1. The molecule has 1 saturated carbocycles. The minimum Gasteiger partial charge on any atom is -0.323 e. The SMILES string of the molecule is N#CC1(C(=O)Nc2cccc3cccnc23)CC1. The predicted molar refractivity (Wildman–Crippen MR) is 67.7 cm³/mol. The largest absolute Gasteiger partial charge is 0.323 e. The van der Waals surface area contributed by atoms with Crippen LogP contribution in [0, 0.1) is 16.7 Å². The van der Waals surface area contributed by atoms with E-state index in [1.807, 2.05) is 24.3 Å². The Bertz CT molecular complexity index is 663. The number of hydrogen-bond donors (Lipinski definition) is 1. The molecule has 1 fully saturated rings. The molecule has 88 valence electrons. The smallest absolute Gasteiger partial charge is 0.244 e. The van der Waals surface area contributed by atoms with Crippen LogP contribution in [0.2, 0.25) is 0 Å². The Hall–Kier alpha value is -2.41. The van der Waals surface area contributed by atoms with Crippen molar-refractivity contribution in [2.75, 3.05) is 5.32 Å². The van der Waals surface area contributed by atoms with Gasteiger partial charge in [-0.25, -0.2) is 0 Å². The van der Waals surface area contributed by atoms with E-state index in [1.165, 1.54) is 0 Å². The molecule has 1 aliphatic rings. The summed E-state index contributed by atoms with van der Waals surface area (Å²) in [7, 11) is 0. The van der Waals surface area contributed by atoms with Gasteiger partial charge in [-0.15, -0.1) is 0 Å². The molecule has 0 spiro atoms. The lowest BCUT2D eigenvalue weighted by molar-refractivity contribution is -0.119. The second-order valence-electron chi connectivity index (χ2n) is 4.53. The summed E-state index contributed by atoms with van der Waals surface area (Å²) in [5.74, 6) is -0.219. The number of nitrogens with one attached hydrogen (secondary N) is 1. The van der Waals surface area contributed by atoms with Gasteiger partial charge in [-0.1, -0.05) is 18.2 Å². The van der Waals surface area contributed by atoms with Crippen LogP contribution in [-0.4, -0.2) is 10.9 Å². The maximum absolute atomic E-state index is 12.0.